The average molecular weight is 418 g/mol. The van der Waals surface area contributed by atoms with Gasteiger partial charge in [0.1, 0.15) is 29.1 Å². The molecule has 0 spiro atoms. The van der Waals surface area contributed by atoms with Crippen molar-refractivity contribution < 1.29 is 23.8 Å². The van der Waals surface area contributed by atoms with Crippen molar-refractivity contribution in [3.63, 3.8) is 0 Å². The molecule has 31 heavy (non-hydrogen) atoms. The Morgan fingerprint density at radius 2 is 1.90 bits per heavy atom. The first kappa shape index (κ1) is 20.4. The molecular weight excluding hydrogens is 396 g/mol. The molecule has 2 aromatic heterocycles. The molecule has 1 saturated heterocycles. The summed E-state index contributed by atoms with van der Waals surface area (Å²) >= 11 is 0. The molecule has 1 aromatic carbocycles. The van der Waals surface area contributed by atoms with Gasteiger partial charge in [-0.2, -0.15) is 0 Å². The zero-order valence-electron chi connectivity index (χ0n) is 17.2. The third-order valence-electron chi connectivity index (χ3n) is 5.07. The Morgan fingerprint density at radius 3 is 2.52 bits per heavy atom. The summed E-state index contributed by atoms with van der Waals surface area (Å²) in [6.07, 6.45) is 1.62. The first-order chi connectivity index (χ1) is 15.0. The Kier molecular flexibility index (Phi) is 5.58. The number of aliphatic hydroxyl groups excluding tert-OH is 1. The summed E-state index contributed by atoms with van der Waals surface area (Å²) in [5.74, 6) is -0.0463. The number of aromatic nitrogens is 1. The van der Waals surface area contributed by atoms with E-state index in [1.54, 1.807) is 61.7 Å². The monoisotopic (exact) mass is 418 g/mol. The third kappa shape index (κ3) is 3.94. The van der Waals surface area contributed by atoms with Gasteiger partial charge in [0, 0.05) is 11.8 Å². The van der Waals surface area contributed by atoms with Crippen LogP contribution in [0.2, 0.25) is 0 Å². The topological polar surface area (TPSA) is 92.9 Å². The van der Waals surface area contributed by atoms with Crippen LogP contribution in [-0.2, 0) is 16.1 Å². The number of carbonyl (C=O) groups is 2. The number of pyridine rings is 1. The van der Waals surface area contributed by atoms with E-state index in [0.717, 1.165) is 0 Å². The van der Waals surface area contributed by atoms with E-state index >= 15 is 0 Å². The summed E-state index contributed by atoms with van der Waals surface area (Å²) in [4.78, 5) is 31.6. The summed E-state index contributed by atoms with van der Waals surface area (Å²) in [7, 11) is 0. The highest BCUT2D eigenvalue weighted by Gasteiger charge is 2.47. The van der Waals surface area contributed by atoms with Gasteiger partial charge in [-0.1, -0.05) is 6.07 Å². The number of amides is 1. The lowest BCUT2D eigenvalue weighted by molar-refractivity contribution is -0.140. The second-order valence-electron chi connectivity index (χ2n) is 7.15. The number of hydrogen-bond acceptors (Lipinski definition) is 6. The molecule has 1 unspecified atom stereocenters. The van der Waals surface area contributed by atoms with E-state index in [-0.39, 0.29) is 17.9 Å². The Morgan fingerprint density at radius 1 is 1.13 bits per heavy atom. The van der Waals surface area contributed by atoms with Crippen molar-refractivity contribution in [2.45, 2.75) is 26.4 Å². The quantitative estimate of drug-likeness (QED) is 0.369. The molecule has 1 atom stereocenters. The van der Waals surface area contributed by atoms with Gasteiger partial charge in [0.2, 0.25) is 0 Å². The summed E-state index contributed by atoms with van der Waals surface area (Å²) in [5.41, 5.74) is 1.02. The van der Waals surface area contributed by atoms with Gasteiger partial charge in [-0.05, 0) is 62.4 Å². The number of Topliss-reactive ketones (excluding diaryl/α,β-unsaturated/α-hetero) is 1. The molecule has 0 aliphatic carbocycles. The maximum Gasteiger partial charge on any atom is 0.296 e. The normalized spacial score (nSPS) is 17.9. The molecule has 7 heteroatoms. The number of furan rings is 1. The highest BCUT2D eigenvalue weighted by Crippen LogP contribution is 2.40. The van der Waals surface area contributed by atoms with Crippen LogP contribution in [0.15, 0.2) is 70.8 Å². The fraction of sp³-hybridized carbons (Fsp3) is 0.208. The van der Waals surface area contributed by atoms with Crippen LogP contribution in [0.5, 0.6) is 5.75 Å². The smallest absolute Gasteiger partial charge is 0.296 e. The molecule has 3 aromatic rings. The van der Waals surface area contributed by atoms with Crippen molar-refractivity contribution in [1.82, 2.24) is 9.88 Å². The maximum absolute atomic E-state index is 13.0. The molecule has 1 amide bonds. The van der Waals surface area contributed by atoms with E-state index in [4.69, 9.17) is 9.15 Å². The molecule has 1 aliphatic heterocycles. The van der Waals surface area contributed by atoms with Crippen LogP contribution in [0.4, 0.5) is 0 Å². The van der Waals surface area contributed by atoms with Crippen LogP contribution in [0.1, 0.15) is 35.7 Å². The van der Waals surface area contributed by atoms with Gasteiger partial charge >= 0.3 is 0 Å². The van der Waals surface area contributed by atoms with Crippen LogP contribution >= 0.6 is 0 Å². The second-order valence-corrected chi connectivity index (χ2v) is 7.15. The van der Waals surface area contributed by atoms with E-state index in [1.807, 2.05) is 13.0 Å². The number of ketones is 1. The SMILES string of the molecule is CCOc1ccc(/C(O)=C2/C(=O)C(=O)N(Cc3ccccn3)C2c2ccc(C)o2)cc1. The predicted octanol–water partition coefficient (Wildman–Crippen LogP) is 4.00. The van der Waals surface area contributed by atoms with Crippen LogP contribution in [-0.4, -0.2) is 33.3 Å². The summed E-state index contributed by atoms with van der Waals surface area (Å²) in [5, 5.41) is 11.0. The summed E-state index contributed by atoms with van der Waals surface area (Å²) in [6, 6.07) is 14.7. The van der Waals surface area contributed by atoms with Gasteiger partial charge in [0.15, 0.2) is 0 Å². The van der Waals surface area contributed by atoms with Crippen LogP contribution in [0.3, 0.4) is 0 Å². The molecule has 1 aliphatic rings. The van der Waals surface area contributed by atoms with Crippen molar-refractivity contribution in [2.75, 3.05) is 6.61 Å². The molecule has 7 nitrogen and oxygen atoms in total. The number of nitrogens with zero attached hydrogens (tertiary/aromatic N) is 2. The molecule has 0 radical (unpaired) electrons. The zero-order chi connectivity index (χ0) is 22.0. The van der Waals surface area contributed by atoms with Gasteiger partial charge < -0.3 is 19.2 Å². The summed E-state index contributed by atoms with van der Waals surface area (Å²) in [6.45, 7) is 4.28. The Labute approximate surface area is 179 Å². The lowest BCUT2D eigenvalue weighted by Gasteiger charge is -2.23. The maximum atomic E-state index is 13.0. The van der Waals surface area contributed by atoms with Crippen LogP contribution < -0.4 is 4.74 Å². The number of hydrogen-bond donors (Lipinski definition) is 1. The van der Waals surface area contributed by atoms with Gasteiger partial charge in [-0.3, -0.25) is 14.6 Å². The van der Waals surface area contributed by atoms with Crippen LogP contribution in [0.25, 0.3) is 5.76 Å². The van der Waals surface area contributed by atoms with E-state index in [1.165, 1.54) is 4.90 Å². The second kappa shape index (κ2) is 8.47. The van der Waals surface area contributed by atoms with Gasteiger partial charge in [0.25, 0.3) is 11.7 Å². The van der Waals surface area contributed by atoms with Crippen molar-refractivity contribution in [1.29, 1.82) is 0 Å². The molecule has 158 valence electrons. The summed E-state index contributed by atoms with van der Waals surface area (Å²) < 4.78 is 11.2. The van der Waals surface area contributed by atoms with Crippen molar-refractivity contribution in [2.24, 2.45) is 0 Å². The number of rotatable bonds is 6. The first-order valence-corrected chi connectivity index (χ1v) is 9.97. The van der Waals surface area contributed by atoms with Crippen molar-refractivity contribution >= 4 is 17.4 Å². The Hall–Kier alpha value is -3.87. The Balaban J connectivity index is 1.80. The van der Waals surface area contributed by atoms with E-state index in [0.29, 0.717) is 35.1 Å². The Bertz CT molecular complexity index is 1130. The number of aryl methyl sites for hydroxylation is 1. The molecular formula is C24H22N2O5. The number of carbonyl (C=O) groups excluding carboxylic acids is 2. The van der Waals surface area contributed by atoms with Gasteiger partial charge in [0.05, 0.1) is 24.4 Å². The third-order valence-corrected chi connectivity index (χ3v) is 5.07. The van der Waals surface area contributed by atoms with E-state index in [9.17, 15) is 14.7 Å². The molecule has 1 N–H and O–H groups in total. The fourth-order valence-electron chi connectivity index (χ4n) is 3.64. The highest BCUT2D eigenvalue weighted by atomic mass is 16.5. The average Bonchev–Trinajstić information content (AvgIpc) is 3.31. The van der Waals surface area contributed by atoms with Gasteiger partial charge in [-0.15, -0.1) is 0 Å². The largest absolute Gasteiger partial charge is 0.507 e. The standard InChI is InChI=1S/C24H22N2O5/c1-3-30-18-10-8-16(9-11-18)22(27)20-21(19-12-7-15(2)31-19)26(24(29)23(20)28)14-17-6-4-5-13-25-17/h4-13,21,27H,3,14H2,1-2H3/b22-20-. The molecule has 3 heterocycles. The van der Waals surface area contributed by atoms with Crippen molar-refractivity contribution in [3.05, 3.63) is 89.1 Å². The molecule has 4 rings (SSSR count). The molecule has 1 fully saturated rings. The number of likely N-dealkylation sites (tertiary alicyclic amines) is 1. The number of ether oxygens (including phenoxy) is 1. The van der Waals surface area contributed by atoms with Crippen LogP contribution in [0, 0.1) is 6.92 Å². The molecule has 0 saturated carbocycles. The minimum atomic E-state index is -0.859. The highest BCUT2D eigenvalue weighted by molar-refractivity contribution is 6.46. The molecule has 0 bridgehead atoms. The minimum Gasteiger partial charge on any atom is -0.507 e. The minimum absolute atomic E-state index is 0.0144. The van der Waals surface area contributed by atoms with Gasteiger partial charge in [-0.25, -0.2) is 0 Å². The predicted molar refractivity (Wildman–Crippen MR) is 113 cm³/mol. The van der Waals surface area contributed by atoms with Crippen molar-refractivity contribution in [3.8, 4) is 5.75 Å². The van der Waals surface area contributed by atoms with E-state index < -0.39 is 17.7 Å². The lowest BCUT2D eigenvalue weighted by atomic mass is 9.99. The zero-order valence-corrected chi connectivity index (χ0v) is 17.2. The number of aliphatic hydroxyl groups is 1. The first-order valence-electron chi connectivity index (χ1n) is 9.97. The fourth-order valence-corrected chi connectivity index (χ4v) is 3.64. The number of benzene rings is 1. The van der Waals surface area contributed by atoms with E-state index in [2.05, 4.69) is 4.98 Å². The lowest BCUT2D eigenvalue weighted by Crippen LogP contribution is -2.29.